The van der Waals surface area contributed by atoms with Crippen LogP contribution in [-0.2, 0) is 14.3 Å². The molecule has 3 aliphatic heterocycles. The quantitative estimate of drug-likeness (QED) is 0.838. The molecule has 126 valence electrons. The van der Waals surface area contributed by atoms with E-state index in [-0.39, 0.29) is 17.4 Å². The van der Waals surface area contributed by atoms with Crippen molar-refractivity contribution in [3.8, 4) is 0 Å². The molecule has 0 spiro atoms. The van der Waals surface area contributed by atoms with Crippen LogP contribution in [0.2, 0.25) is 0 Å². The number of ether oxygens (including phenoxy) is 2. The molecule has 3 aliphatic rings. The Bertz CT molecular complexity index is 362. The van der Waals surface area contributed by atoms with E-state index in [1.807, 2.05) is 11.8 Å². The van der Waals surface area contributed by atoms with E-state index in [4.69, 9.17) is 9.47 Å². The van der Waals surface area contributed by atoms with E-state index in [2.05, 4.69) is 10.2 Å². The number of morpholine rings is 1. The second kappa shape index (κ2) is 7.99. The van der Waals surface area contributed by atoms with E-state index < -0.39 is 0 Å². The summed E-state index contributed by atoms with van der Waals surface area (Å²) in [6.07, 6.45) is 4.08. The Balaban J connectivity index is 1.58. The molecule has 5 nitrogen and oxygen atoms in total. The highest BCUT2D eigenvalue weighted by molar-refractivity contribution is 7.99. The van der Waals surface area contributed by atoms with E-state index >= 15 is 0 Å². The lowest BCUT2D eigenvalue weighted by Gasteiger charge is -2.48. The average molecular weight is 328 g/mol. The molecule has 1 amide bonds. The molecule has 0 aromatic heterocycles. The van der Waals surface area contributed by atoms with Crippen molar-refractivity contribution in [3.63, 3.8) is 0 Å². The van der Waals surface area contributed by atoms with Crippen LogP contribution in [0.4, 0.5) is 0 Å². The van der Waals surface area contributed by atoms with E-state index in [1.165, 1.54) is 24.3 Å². The zero-order valence-electron chi connectivity index (χ0n) is 13.3. The number of rotatable bonds is 4. The number of carbonyl (C=O) groups excluding carboxylic acids is 1. The first-order valence-corrected chi connectivity index (χ1v) is 9.72. The fraction of sp³-hybridized carbons (Fsp3) is 0.938. The van der Waals surface area contributed by atoms with Gasteiger partial charge in [0.25, 0.3) is 0 Å². The molecular weight excluding hydrogens is 300 g/mol. The van der Waals surface area contributed by atoms with E-state index in [1.54, 1.807) is 0 Å². The molecule has 3 heterocycles. The van der Waals surface area contributed by atoms with Crippen molar-refractivity contribution in [1.82, 2.24) is 10.2 Å². The number of nitrogens with one attached hydrogen (secondary N) is 1. The van der Waals surface area contributed by atoms with Crippen LogP contribution in [0.5, 0.6) is 0 Å². The highest BCUT2D eigenvalue weighted by atomic mass is 32.2. The predicted molar refractivity (Wildman–Crippen MR) is 88.2 cm³/mol. The van der Waals surface area contributed by atoms with Gasteiger partial charge in [-0.2, -0.15) is 11.8 Å². The van der Waals surface area contributed by atoms with Crippen molar-refractivity contribution >= 4 is 17.7 Å². The van der Waals surface area contributed by atoms with Crippen LogP contribution in [0.1, 0.15) is 25.7 Å². The van der Waals surface area contributed by atoms with Gasteiger partial charge < -0.3 is 14.8 Å². The highest BCUT2D eigenvalue weighted by Crippen LogP contribution is 2.33. The third kappa shape index (κ3) is 3.96. The monoisotopic (exact) mass is 328 g/mol. The number of hydrogen-bond donors (Lipinski definition) is 1. The van der Waals surface area contributed by atoms with Crippen molar-refractivity contribution in [2.45, 2.75) is 31.2 Å². The first-order valence-electron chi connectivity index (χ1n) is 8.56. The maximum Gasteiger partial charge on any atom is 0.223 e. The summed E-state index contributed by atoms with van der Waals surface area (Å²) in [6.45, 7) is 5.89. The summed E-state index contributed by atoms with van der Waals surface area (Å²) in [5.41, 5.74) is 0.149. The molecule has 6 heteroatoms. The van der Waals surface area contributed by atoms with Gasteiger partial charge in [-0.05, 0) is 37.2 Å². The molecule has 1 N–H and O–H groups in total. The Hall–Kier alpha value is -0.300. The summed E-state index contributed by atoms with van der Waals surface area (Å²) in [6, 6.07) is 0. The number of nitrogens with zero attached hydrogens (tertiary/aromatic N) is 1. The van der Waals surface area contributed by atoms with Crippen LogP contribution < -0.4 is 5.32 Å². The summed E-state index contributed by atoms with van der Waals surface area (Å²) in [7, 11) is 0. The largest absolute Gasteiger partial charge is 0.381 e. The van der Waals surface area contributed by atoms with Crippen LogP contribution in [-0.4, -0.2) is 73.9 Å². The van der Waals surface area contributed by atoms with Crippen LogP contribution in [0.3, 0.4) is 0 Å². The van der Waals surface area contributed by atoms with Crippen LogP contribution in [0.25, 0.3) is 0 Å². The van der Waals surface area contributed by atoms with Gasteiger partial charge in [0, 0.05) is 44.3 Å². The SMILES string of the molecule is O=C(NCC1(N2CCOCC2)CCSCC1)C1CCOCC1. The third-order valence-electron chi connectivity index (χ3n) is 5.29. The van der Waals surface area contributed by atoms with Gasteiger partial charge in [-0.3, -0.25) is 9.69 Å². The lowest BCUT2D eigenvalue weighted by atomic mass is 9.88. The summed E-state index contributed by atoms with van der Waals surface area (Å²) in [5, 5.41) is 3.27. The van der Waals surface area contributed by atoms with Gasteiger partial charge in [0.05, 0.1) is 13.2 Å². The molecule has 0 radical (unpaired) electrons. The van der Waals surface area contributed by atoms with Crippen LogP contribution >= 0.6 is 11.8 Å². The van der Waals surface area contributed by atoms with E-state index in [0.717, 1.165) is 58.9 Å². The highest BCUT2D eigenvalue weighted by Gasteiger charge is 2.39. The lowest BCUT2D eigenvalue weighted by molar-refractivity contribution is -0.128. The van der Waals surface area contributed by atoms with Gasteiger partial charge in [-0.25, -0.2) is 0 Å². The smallest absolute Gasteiger partial charge is 0.223 e. The summed E-state index contributed by atoms with van der Waals surface area (Å²) in [5.74, 6) is 2.78. The lowest BCUT2D eigenvalue weighted by Crippen LogP contribution is -2.60. The van der Waals surface area contributed by atoms with E-state index in [0.29, 0.717) is 0 Å². The van der Waals surface area contributed by atoms with Crippen molar-refractivity contribution in [2.75, 3.05) is 57.6 Å². The minimum absolute atomic E-state index is 0.147. The van der Waals surface area contributed by atoms with Crippen molar-refractivity contribution in [1.29, 1.82) is 0 Å². The zero-order valence-corrected chi connectivity index (χ0v) is 14.2. The number of hydrogen-bond acceptors (Lipinski definition) is 5. The summed E-state index contributed by atoms with van der Waals surface area (Å²) < 4.78 is 10.9. The van der Waals surface area contributed by atoms with Gasteiger partial charge in [-0.1, -0.05) is 0 Å². The Morgan fingerprint density at radius 1 is 1.09 bits per heavy atom. The van der Waals surface area contributed by atoms with Gasteiger partial charge in [0.15, 0.2) is 0 Å². The Morgan fingerprint density at radius 2 is 1.73 bits per heavy atom. The molecular formula is C16H28N2O3S. The zero-order chi connectivity index (χ0) is 15.3. The molecule has 0 saturated carbocycles. The second-order valence-electron chi connectivity index (χ2n) is 6.54. The molecule has 3 fully saturated rings. The molecule has 3 rings (SSSR count). The first-order chi connectivity index (χ1) is 10.8. The number of carbonyl (C=O) groups is 1. The van der Waals surface area contributed by atoms with Crippen molar-refractivity contribution < 1.29 is 14.3 Å². The van der Waals surface area contributed by atoms with Gasteiger partial charge in [0.2, 0.25) is 5.91 Å². The first kappa shape index (κ1) is 16.6. The molecule has 0 bridgehead atoms. The Labute approximate surface area is 137 Å². The minimum Gasteiger partial charge on any atom is -0.381 e. The van der Waals surface area contributed by atoms with Crippen molar-refractivity contribution in [2.24, 2.45) is 5.92 Å². The van der Waals surface area contributed by atoms with Crippen molar-refractivity contribution in [3.05, 3.63) is 0 Å². The van der Waals surface area contributed by atoms with Gasteiger partial charge in [-0.15, -0.1) is 0 Å². The minimum atomic E-state index is 0.147. The molecule has 0 aliphatic carbocycles. The average Bonchev–Trinajstić information content (AvgIpc) is 2.62. The maximum atomic E-state index is 12.5. The standard InChI is InChI=1S/C16H28N2O3S/c19-15(14-1-7-20-8-2-14)17-13-16(3-11-22-12-4-16)18-5-9-21-10-6-18/h14H,1-13H2,(H,17,19). The predicted octanol–water partition coefficient (Wildman–Crippen LogP) is 1.13. The Kier molecular flexibility index (Phi) is 6.02. The fourth-order valence-corrected chi connectivity index (χ4v) is 5.00. The van der Waals surface area contributed by atoms with Crippen LogP contribution in [0, 0.1) is 5.92 Å². The molecule has 0 aromatic rings. The third-order valence-corrected chi connectivity index (χ3v) is 6.27. The molecule has 0 atom stereocenters. The summed E-state index contributed by atoms with van der Waals surface area (Å²) >= 11 is 2.04. The number of thioether (sulfide) groups is 1. The molecule has 22 heavy (non-hydrogen) atoms. The van der Waals surface area contributed by atoms with E-state index in [9.17, 15) is 4.79 Å². The second-order valence-corrected chi connectivity index (χ2v) is 7.77. The normalized spacial score (nSPS) is 27.5. The van der Waals surface area contributed by atoms with Gasteiger partial charge in [0.1, 0.15) is 0 Å². The Morgan fingerprint density at radius 3 is 2.41 bits per heavy atom. The molecule has 3 saturated heterocycles. The topological polar surface area (TPSA) is 50.8 Å². The molecule has 0 unspecified atom stereocenters. The summed E-state index contributed by atoms with van der Waals surface area (Å²) in [4.78, 5) is 15.0. The van der Waals surface area contributed by atoms with Gasteiger partial charge >= 0.3 is 0 Å². The maximum absolute atomic E-state index is 12.5. The fourth-order valence-electron chi connectivity index (χ4n) is 3.75. The molecule has 0 aromatic carbocycles. The number of amides is 1. The van der Waals surface area contributed by atoms with Crippen LogP contribution in [0.15, 0.2) is 0 Å².